The number of alkyl carbamates (subject to hydrolysis) is 1. The third kappa shape index (κ3) is 3.95. The number of fused-ring (bicyclic) bond motifs is 1. The van der Waals surface area contributed by atoms with E-state index in [0.717, 1.165) is 18.5 Å². The molecule has 2 aromatic carbocycles. The van der Waals surface area contributed by atoms with Gasteiger partial charge in [0.15, 0.2) is 0 Å². The maximum atomic E-state index is 11.7. The molecule has 0 unspecified atom stereocenters. The Hall–Kier alpha value is -2.23. The number of amides is 1. The highest BCUT2D eigenvalue weighted by Gasteiger charge is 2.31. The van der Waals surface area contributed by atoms with Crippen LogP contribution in [0.15, 0.2) is 42.5 Å². The van der Waals surface area contributed by atoms with E-state index in [0.29, 0.717) is 6.04 Å². The molecule has 4 nitrogen and oxygen atoms in total. The van der Waals surface area contributed by atoms with Gasteiger partial charge in [-0.2, -0.15) is 0 Å². The molecule has 1 aliphatic carbocycles. The van der Waals surface area contributed by atoms with Gasteiger partial charge in [0.1, 0.15) is 5.60 Å². The minimum absolute atomic E-state index is 0.192. The Kier molecular flexibility index (Phi) is 4.16. The number of rotatable bonds is 3. The van der Waals surface area contributed by atoms with E-state index in [1.807, 2.05) is 20.8 Å². The molecular weight excluding hydrogens is 288 g/mol. The van der Waals surface area contributed by atoms with Gasteiger partial charge in [-0.1, -0.05) is 36.4 Å². The average molecular weight is 312 g/mol. The van der Waals surface area contributed by atoms with E-state index in [2.05, 4.69) is 53.1 Å². The fourth-order valence-electron chi connectivity index (χ4n) is 2.90. The normalized spacial score (nSPS) is 20.7. The molecule has 1 amide bonds. The van der Waals surface area contributed by atoms with Crippen molar-refractivity contribution in [1.82, 2.24) is 5.32 Å². The molecule has 3 rings (SSSR count). The quantitative estimate of drug-likeness (QED) is 0.888. The topological polar surface area (TPSA) is 50.4 Å². The predicted octanol–water partition coefficient (Wildman–Crippen LogP) is 4.31. The second kappa shape index (κ2) is 6.11. The minimum atomic E-state index is -0.450. The second-order valence-corrected chi connectivity index (χ2v) is 7.18. The summed E-state index contributed by atoms with van der Waals surface area (Å²) in [6.45, 7) is 5.62. The summed E-state index contributed by atoms with van der Waals surface area (Å²) in [4.78, 5) is 11.7. The third-order valence-corrected chi connectivity index (χ3v) is 4.01. The third-order valence-electron chi connectivity index (χ3n) is 4.01. The standard InChI is InChI=1S/C19H24N2O2/c1-19(2,3)23-18(22)21-15-11-14(12-15)20-17-10-6-8-13-7-4-5-9-16(13)17/h4-10,14-15,20H,11-12H2,1-3H3,(H,21,22). The van der Waals surface area contributed by atoms with E-state index in [1.54, 1.807) is 0 Å². The largest absolute Gasteiger partial charge is 0.444 e. The lowest BCUT2D eigenvalue weighted by atomic mass is 9.86. The van der Waals surface area contributed by atoms with Crippen molar-refractivity contribution in [2.75, 3.05) is 5.32 Å². The Labute approximate surface area is 137 Å². The average Bonchev–Trinajstić information content (AvgIpc) is 2.43. The van der Waals surface area contributed by atoms with Crippen LogP contribution in [0.25, 0.3) is 10.8 Å². The Morgan fingerprint density at radius 2 is 1.74 bits per heavy atom. The summed E-state index contributed by atoms with van der Waals surface area (Å²) in [5.74, 6) is 0. The first-order valence-corrected chi connectivity index (χ1v) is 8.14. The van der Waals surface area contributed by atoms with E-state index in [-0.39, 0.29) is 12.1 Å². The molecule has 122 valence electrons. The summed E-state index contributed by atoms with van der Waals surface area (Å²) < 4.78 is 5.28. The van der Waals surface area contributed by atoms with Gasteiger partial charge in [0.2, 0.25) is 0 Å². The number of benzene rings is 2. The molecule has 0 heterocycles. The van der Waals surface area contributed by atoms with Crippen LogP contribution in [0.3, 0.4) is 0 Å². The molecule has 4 heteroatoms. The highest BCUT2D eigenvalue weighted by Crippen LogP contribution is 2.29. The summed E-state index contributed by atoms with van der Waals surface area (Å²) >= 11 is 0. The SMILES string of the molecule is CC(C)(C)OC(=O)NC1CC(Nc2cccc3ccccc23)C1. The van der Waals surface area contributed by atoms with Crippen molar-refractivity contribution in [2.24, 2.45) is 0 Å². The van der Waals surface area contributed by atoms with Crippen LogP contribution in [-0.4, -0.2) is 23.8 Å². The number of nitrogens with one attached hydrogen (secondary N) is 2. The molecule has 23 heavy (non-hydrogen) atoms. The number of carbonyl (C=O) groups is 1. The minimum Gasteiger partial charge on any atom is -0.444 e. The van der Waals surface area contributed by atoms with E-state index in [9.17, 15) is 4.79 Å². The Morgan fingerprint density at radius 3 is 2.48 bits per heavy atom. The summed E-state index contributed by atoms with van der Waals surface area (Å²) in [6, 6.07) is 15.2. The Morgan fingerprint density at radius 1 is 1.04 bits per heavy atom. The van der Waals surface area contributed by atoms with Crippen molar-refractivity contribution in [2.45, 2.75) is 51.3 Å². The lowest BCUT2D eigenvalue weighted by Crippen LogP contribution is -2.50. The molecular formula is C19H24N2O2. The second-order valence-electron chi connectivity index (χ2n) is 7.18. The molecule has 0 atom stereocenters. The van der Waals surface area contributed by atoms with Crippen LogP contribution in [0.4, 0.5) is 10.5 Å². The zero-order chi connectivity index (χ0) is 16.4. The number of anilines is 1. The van der Waals surface area contributed by atoms with Crippen molar-refractivity contribution in [3.05, 3.63) is 42.5 Å². The van der Waals surface area contributed by atoms with Crippen LogP contribution in [0.5, 0.6) is 0 Å². The fourth-order valence-corrected chi connectivity index (χ4v) is 2.90. The lowest BCUT2D eigenvalue weighted by Gasteiger charge is -2.37. The molecule has 2 aromatic rings. The predicted molar refractivity (Wildman–Crippen MR) is 93.8 cm³/mol. The highest BCUT2D eigenvalue weighted by molar-refractivity contribution is 5.93. The van der Waals surface area contributed by atoms with Crippen molar-refractivity contribution < 1.29 is 9.53 Å². The number of ether oxygens (including phenoxy) is 1. The van der Waals surface area contributed by atoms with Crippen LogP contribution in [-0.2, 0) is 4.74 Å². The van der Waals surface area contributed by atoms with Crippen molar-refractivity contribution in [3.63, 3.8) is 0 Å². The van der Waals surface area contributed by atoms with Gasteiger partial charge in [0.25, 0.3) is 0 Å². The maximum Gasteiger partial charge on any atom is 0.407 e. The maximum absolute atomic E-state index is 11.7. The molecule has 0 aliphatic heterocycles. The van der Waals surface area contributed by atoms with Gasteiger partial charge in [-0.25, -0.2) is 4.79 Å². The molecule has 0 saturated heterocycles. The van der Waals surface area contributed by atoms with Crippen LogP contribution in [0.2, 0.25) is 0 Å². The van der Waals surface area contributed by atoms with Gasteiger partial charge >= 0.3 is 6.09 Å². The van der Waals surface area contributed by atoms with Crippen LogP contribution in [0, 0.1) is 0 Å². The number of hydrogen-bond acceptors (Lipinski definition) is 3. The van der Waals surface area contributed by atoms with Gasteiger partial charge in [-0.05, 0) is 45.1 Å². The van der Waals surface area contributed by atoms with Crippen molar-refractivity contribution in [1.29, 1.82) is 0 Å². The van der Waals surface area contributed by atoms with E-state index < -0.39 is 5.60 Å². The van der Waals surface area contributed by atoms with Crippen molar-refractivity contribution >= 4 is 22.6 Å². The molecule has 1 saturated carbocycles. The van der Waals surface area contributed by atoms with Gasteiger partial charge in [-0.15, -0.1) is 0 Å². The summed E-state index contributed by atoms with van der Waals surface area (Å²) in [7, 11) is 0. The zero-order valence-corrected chi connectivity index (χ0v) is 13.9. The highest BCUT2D eigenvalue weighted by atomic mass is 16.6. The van der Waals surface area contributed by atoms with E-state index >= 15 is 0 Å². The van der Waals surface area contributed by atoms with E-state index in [1.165, 1.54) is 10.8 Å². The monoisotopic (exact) mass is 312 g/mol. The smallest absolute Gasteiger partial charge is 0.407 e. The summed E-state index contributed by atoms with van der Waals surface area (Å²) in [6.07, 6.45) is 1.51. The fraction of sp³-hybridized carbons (Fsp3) is 0.421. The summed E-state index contributed by atoms with van der Waals surface area (Å²) in [5, 5.41) is 8.98. The van der Waals surface area contributed by atoms with Crippen LogP contribution < -0.4 is 10.6 Å². The van der Waals surface area contributed by atoms with E-state index in [4.69, 9.17) is 4.74 Å². The number of carbonyl (C=O) groups excluding carboxylic acids is 1. The lowest BCUT2D eigenvalue weighted by molar-refractivity contribution is 0.0475. The van der Waals surface area contributed by atoms with Crippen LogP contribution >= 0.6 is 0 Å². The van der Waals surface area contributed by atoms with Crippen molar-refractivity contribution in [3.8, 4) is 0 Å². The Bertz CT molecular complexity index is 695. The molecule has 0 bridgehead atoms. The molecule has 2 N–H and O–H groups in total. The van der Waals surface area contributed by atoms with Crippen LogP contribution in [0.1, 0.15) is 33.6 Å². The van der Waals surface area contributed by atoms with Gasteiger partial charge in [-0.3, -0.25) is 0 Å². The van der Waals surface area contributed by atoms with Gasteiger partial charge in [0, 0.05) is 23.2 Å². The molecule has 0 spiro atoms. The van der Waals surface area contributed by atoms with Gasteiger partial charge < -0.3 is 15.4 Å². The van der Waals surface area contributed by atoms with Gasteiger partial charge in [0.05, 0.1) is 0 Å². The molecule has 1 fully saturated rings. The first kappa shape index (κ1) is 15.7. The first-order valence-electron chi connectivity index (χ1n) is 8.14. The first-order chi connectivity index (χ1) is 10.9. The molecule has 0 aromatic heterocycles. The molecule has 1 aliphatic rings. The number of hydrogen-bond donors (Lipinski definition) is 2. The Balaban J connectivity index is 1.53. The molecule has 0 radical (unpaired) electrons. The summed E-state index contributed by atoms with van der Waals surface area (Å²) in [5.41, 5.74) is 0.706. The zero-order valence-electron chi connectivity index (χ0n) is 13.9.